The summed E-state index contributed by atoms with van der Waals surface area (Å²) in [6, 6.07) is 8.77. The number of rotatable bonds is 6. The van der Waals surface area contributed by atoms with Gasteiger partial charge in [0.05, 0.1) is 18.8 Å². The van der Waals surface area contributed by atoms with Gasteiger partial charge in [-0.3, -0.25) is 4.79 Å². The van der Waals surface area contributed by atoms with E-state index in [-0.39, 0.29) is 19.1 Å². The Morgan fingerprint density at radius 2 is 1.96 bits per heavy atom. The summed E-state index contributed by atoms with van der Waals surface area (Å²) in [4.78, 5) is 11.8. The van der Waals surface area contributed by atoms with E-state index < -0.39 is 11.7 Å². The zero-order valence-electron chi connectivity index (χ0n) is 12.5. The molecule has 6 heteroatoms. The summed E-state index contributed by atoms with van der Waals surface area (Å²) in [6.45, 7) is 0.707. The first-order valence-electron chi connectivity index (χ1n) is 7.34. The number of ether oxygens (including phenoxy) is 1. The molecule has 0 saturated heterocycles. The zero-order chi connectivity index (χ0) is 16.7. The molecule has 0 bridgehead atoms. The van der Waals surface area contributed by atoms with Crippen molar-refractivity contribution in [1.82, 2.24) is 5.32 Å². The topological polar surface area (TPSA) is 38.3 Å². The average molecular weight is 325 g/mol. The normalized spacial score (nSPS) is 14.9. The molecule has 0 saturated carbocycles. The van der Waals surface area contributed by atoms with Crippen molar-refractivity contribution < 1.29 is 22.7 Å². The fourth-order valence-corrected chi connectivity index (χ4v) is 2.21. The molecule has 0 radical (unpaired) electrons. The molecule has 1 aliphatic carbocycles. The lowest BCUT2D eigenvalue weighted by atomic mass is 10.00. The van der Waals surface area contributed by atoms with Gasteiger partial charge in [-0.15, -0.1) is 0 Å². The molecular weight excluding hydrogens is 307 g/mol. The molecular formula is C17H18F3NO2. The van der Waals surface area contributed by atoms with Crippen LogP contribution in [0.15, 0.2) is 53.6 Å². The van der Waals surface area contributed by atoms with E-state index in [2.05, 4.69) is 5.32 Å². The molecule has 0 unspecified atom stereocenters. The fourth-order valence-electron chi connectivity index (χ4n) is 2.21. The Hall–Kier alpha value is -2.08. The number of hydrogen-bond acceptors (Lipinski definition) is 2. The van der Waals surface area contributed by atoms with Gasteiger partial charge in [0, 0.05) is 12.1 Å². The van der Waals surface area contributed by atoms with E-state index >= 15 is 0 Å². The minimum Gasteiger partial charge on any atom is -0.375 e. The summed E-state index contributed by atoms with van der Waals surface area (Å²) >= 11 is 0. The van der Waals surface area contributed by atoms with Gasteiger partial charge in [0.15, 0.2) is 0 Å². The van der Waals surface area contributed by atoms with Crippen molar-refractivity contribution in [2.24, 2.45) is 0 Å². The first-order chi connectivity index (χ1) is 11.0. The van der Waals surface area contributed by atoms with Crippen LogP contribution < -0.4 is 5.32 Å². The van der Waals surface area contributed by atoms with E-state index in [9.17, 15) is 18.0 Å². The summed E-state index contributed by atoms with van der Waals surface area (Å²) in [5.41, 5.74) is 0.566. The van der Waals surface area contributed by atoms with Gasteiger partial charge in [-0.25, -0.2) is 0 Å². The van der Waals surface area contributed by atoms with Crippen molar-refractivity contribution >= 4 is 5.91 Å². The first kappa shape index (κ1) is 17.3. The van der Waals surface area contributed by atoms with Gasteiger partial charge < -0.3 is 10.1 Å². The summed E-state index contributed by atoms with van der Waals surface area (Å²) < 4.78 is 43.2. The summed E-state index contributed by atoms with van der Waals surface area (Å²) in [7, 11) is 0. The second-order valence-corrected chi connectivity index (χ2v) is 5.17. The molecule has 2 rings (SSSR count). The van der Waals surface area contributed by atoms with Crippen LogP contribution in [-0.2, 0) is 4.74 Å². The fraction of sp³-hybridized carbons (Fsp3) is 0.353. The summed E-state index contributed by atoms with van der Waals surface area (Å²) in [5, 5.41) is 2.69. The summed E-state index contributed by atoms with van der Waals surface area (Å²) in [5.74, 6) is -0.201. The van der Waals surface area contributed by atoms with Crippen LogP contribution in [0.25, 0.3) is 0 Å². The maximum Gasteiger partial charge on any atom is 0.416 e. The minimum atomic E-state index is -4.31. The van der Waals surface area contributed by atoms with E-state index in [4.69, 9.17) is 4.74 Å². The number of amides is 1. The van der Waals surface area contributed by atoms with Crippen LogP contribution in [0.4, 0.5) is 13.2 Å². The highest BCUT2D eigenvalue weighted by Gasteiger charge is 2.32. The second kappa shape index (κ2) is 7.97. The number of halogens is 3. The number of benzene rings is 1. The van der Waals surface area contributed by atoms with Crippen LogP contribution in [0.1, 0.15) is 23.2 Å². The molecule has 0 heterocycles. The van der Waals surface area contributed by atoms with E-state index in [0.717, 1.165) is 6.08 Å². The van der Waals surface area contributed by atoms with Gasteiger partial charge >= 0.3 is 6.18 Å². The van der Waals surface area contributed by atoms with Crippen molar-refractivity contribution in [1.29, 1.82) is 0 Å². The molecule has 1 amide bonds. The lowest BCUT2D eigenvalue weighted by Gasteiger charge is -2.16. The molecule has 0 atom stereocenters. The standard InChI is InChI=1S/C17H18F3NO2/c18-17(19,20)15-8-4-5-13(11-15)12-23-10-9-21-16(22)14-6-2-1-3-7-14/h1-3,6-8,11H,4-5,9-10,12H2,(H,21,22). The van der Waals surface area contributed by atoms with Crippen molar-refractivity contribution in [2.45, 2.75) is 19.0 Å². The molecule has 1 aliphatic rings. The molecule has 0 aromatic heterocycles. The number of alkyl halides is 3. The Labute approximate surface area is 132 Å². The van der Waals surface area contributed by atoms with Crippen LogP contribution in [0.2, 0.25) is 0 Å². The van der Waals surface area contributed by atoms with Gasteiger partial charge in [-0.2, -0.15) is 13.2 Å². The number of nitrogens with one attached hydrogen (secondary N) is 1. The molecule has 0 fully saturated rings. The lowest BCUT2D eigenvalue weighted by Crippen LogP contribution is -2.27. The largest absolute Gasteiger partial charge is 0.416 e. The molecule has 23 heavy (non-hydrogen) atoms. The van der Waals surface area contributed by atoms with Gasteiger partial charge in [-0.05, 0) is 36.6 Å². The Kier molecular flexibility index (Phi) is 5.98. The highest BCUT2D eigenvalue weighted by molar-refractivity contribution is 5.94. The number of hydrogen-bond donors (Lipinski definition) is 1. The maximum atomic E-state index is 12.6. The van der Waals surface area contributed by atoms with Crippen LogP contribution in [0.3, 0.4) is 0 Å². The van der Waals surface area contributed by atoms with Gasteiger partial charge in [0.25, 0.3) is 5.91 Å². The van der Waals surface area contributed by atoms with Crippen molar-refractivity contribution in [3.63, 3.8) is 0 Å². The number of carbonyl (C=O) groups is 1. The van der Waals surface area contributed by atoms with Crippen LogP contribution in [-0.4, -0.2) is 31.8 Å². The van der Waals surface area contributed by atoms with Crippen molar-refractivity contribution in [3.8, 4) is 0 Å². The molecule has 0 spiro atoms. The molecule has 3 nitrogen and oxygen atoms in total. The number of carbonyl (C=O) groups excluding carboxylic acids is 1. The van der Waals surface area contributed by atoms with E-state index in [1.165, 1.54) is 6.08 Å². The third-order valence-corrected chi connectivity index (χ3v) is 3.37. The smallest absolute Gasteiger partial charge is 0.375 e. The van der Waals surface area contributed by atoms with Gasteiger partial charge in [-0.1, -0.05) is 24.3 Å². The van der Waals surface area contributed by atoms with Crippen LogP contribution in [0, 0.1) is 0 Å². The summed E-state index contributed by atoms with van der Waals surface area (Å²) in [6.07, 6.45) is -1.03. The molecule has 1 aromatic carbocycles. The first-order valence-corrected chi connectivity index (χ1v) is 7.34. The van der Waals surface area contributed by atoms with Gasteiger partial charge in [0.2, 0.25) is 0 Å². The Balaban J connectivity index is 1.69. The predicted molar refractivity (Wildman–Crippen MR) is 81.0 cm³/mol. The van der Waals surface area contributed by atoms with Crippen molar-refractivity contribution in [2.75, 3.05) is 19.8 Å². The highest BCUT2D eigenvalue weighted by atomic mass is 19.4. The molecule has 0 aliphatic heterocycles. The SMILES string of the molecule is O=C(NCCOCC1=CC(C(F)(F)F)=CCC1)c1ccccc1. The van der Waals surface area contributed by atoms with Gasteiger partial charge in [0.1, 0.15) is 0 Å². The molecule has 1 aromatic rings. The van der Waals surface area contributed by atoms with E-state index in [1.807, 2.05) is 6.07 Å². The Morgan fingerprint density at radius 3 is 2.65 bits per heavy atom. The maximum absolute atomic E-state index is 12.6. The third-order valence-electron chi connectivity index (χ3n) is 3.37. The second-order valence-electron chi connectivity index (χ2n) is 5.17. The predicted octanol–water partition coefficient (Wildman–Crippen LogP) is 3.64. The van der Waals surface area contributed by atoms with E-state index in [0.29, 0.717) is 30.5 Å². The highest BCUT2D eigenvalue weighted by Crippen LogP contribution is 2.31. The monoisotopic (exact) mass is 325 g/mol. The zero-order valence-corrected chi connectivity index (χ0v) is 12.5. The minimum absolute atomic E-state index is 0.147. The quantitative estimate of drug-likeness (QED) is 0.811. The average Bonchev–Trinajstić information content (AvgIpc) is 2.54. The van der Waals surface area contributed by atoms with E-state index in [1.54, 1.807) is 24.3 Å². The van der Waals surface area contributed by atoms with Crippen LogP contribution in [0.5, 0.6) is 0 Å². The molecule has 124 valence electrons. The third kappa shape index (κ3) is 5.56. The van der Waals surface area contributed by atoms with Crippen molar-refractivity contribution in [3.05, 3.63) is 59.2 Å². The number of allylic oxidation sites excluding steroid dienone is 3. The Bertz CT molecular complexity index is 592. The lowest BCUT2D eigenvalue weighted by molar-refractivity contribution is -0.0887. The van der Waals surface area contributed by atoms with Crippen LogP contribution >= 0.6 is 0 Å². The molecule has 1 N–H and O–H groups in total. The Morgan fingerprint density at radius 1 is 1.22 bits per heavy atom.